The first kappa shape index (κ1) is 15.1. The highest BCUT2D eigenvalue weighted by atomic mass is 32.1. The number of rotatable bonds is 3. The van der Waals surface area contributed by atoms with E-state index in [1.807, 2.05) is 48.4 Å². The van der Waals surface area contributed by atoms with Crippen LogP contribution in [0, 0.1) is 13.8 Å². The standard InChI is InChI=1S/C18H17N3O2S/c1-11-6-12(2)8-14(7-11)21-10-13(9-16(21)22)18-19-17(20-23-18)15-4-3-5-24-15/h3-8,13H,9-10H2,1-2H3/t13-/m1/s1. The molecule has 1 atom stereocenters. The molecule has 0 spiro atoms. The van der Waals surface area contributed by atoms with E-state index in [1.54, 1.807) is 11.3 Å². The predicted octanol–water partition coefficient (Wildman–Crippen LogP) is 3.94. The van der Waals surface area contributed by atoms with Crippen LogP contribution in [0.1, 0.15) is 29.4 Å². The highest BCUT2D eigenvalue weighted by Crippen LogP contribution is 2.33. The van der Waals surface area contributed by atoms with Crippen LogP contribution >= 0.6 is 11.3 Å². The topological polar surface area (TPSA) is 59.2 Å². The number of carbonyl (C=O) groups is 1. The molecule has 1 amide bonds. The zero-order valence-corrected chi connectivity index (χ0v) is 14.3. The Bertz CT molecular complexity index is 865. The maximum Gasteiger partial charge on any atom is 0.232 e. The van der Waals surface area contributed by atoms with E-state index < -0.39 is 0 Å². The van der Waals surface area contributed by atoms with Gasteiger partial charge >= 0.3 is 0 Å². The fourth-order valence-corrected chi connectivity index (χ4v) is 3.79. The first-order chi connectivity index (χ1) is 11.6. The minimum Gasteiger partial charge on any atom is -0.339 e. The van der Waals surface area contributed by atoms with Gasteiger partial charge in [0.15, 0.2) is 0 Å². The molecule has 0 bridgehead atoms. The van der Waals surface area contributed by atoms with Gasteiger partial charge in [0.05, 0.1) is 10.8 Å². The Kier molecular flexibility index (Phi) is 3.69. The summed E-state index contributed by atoms with van der Waals surface area (Å²) in [7, 11) is 0. The number of aromatic nitrogens is 2. The van der Waals surface area contributed by atoms with Crippen molar-refractivity contribution in [3.8, 4) is 10.7 Å². The molecule has 1 aliphatic heterocycles. The molecule has 1 fully saturated rings. The number of benzene rings is 1. The molecule has 1 aliphatic rings. The second kappa shape index (κ2) is 5.87. The van der Waals surface area contributed by atoms with Gasteiger partial charge < -0.3 is 9.42 Å². The van der Waals surface area contributed by atoms with Crippen molar-refractivity contribution >= 4 is 22.9 Å². The van der Waals surface area contributed by atoms with Gasteiger partial charge in [0.1, 0.15) is 0 Å². The zero-order valence-electron chi connectivity index (χ0n) is 13.5. The summed E-state index contributed by atoms with van der Waals surface area (Å²) in [6.07, 6.45) is 0.402. The predicted molar refractivity (Wildman–Crippen MR) is 93.2 cm³/mol. The van der Waals surface area contributed by atoms with E-state index in [-0.39, 0.29) is 11.8 Å². The Balaban J connectivity index is 1.58. The summed E-state index contributed by atoms with van der Waals surface area (Å²) in [6.45, 7) is 4.66. The van der Waals surface area contributed by atoms with Gasteiger partial charge in [-0.1, -0.05) is 17.3 Å². The molecule has 1 aromatic carbocycles. The summed E-state index contributed by atoms with van der Waals surface area (Å²) in [4.78, 5) is 19.7. The number of carbonyl (C=O) groups excluding carboxylic acids is 1. The van der Waals surface area contributed by atoms with Gasteiger partial charge in [-0.15, -0.1) is 11.3 Å². The van der Waals surface area contributed by atoms with Crippen molar-refractivity contribution in [2.75, 3.05) is 11.4 Å². The minimum absolute atomic E-state index is 0.0560. The highest BCUT2D eigenvalue weighted by molar-refractivity contribution is 7.13. The maximum absolute atomic E-state index is 12.5. The zero-order chi connectivity index (χ0) is 16.7. The number of hydrogen-bond donors (Lipinski definition) is 0. The molecule has 2 aromatic heterocycles. The number of amides is 1. The van der Waals surface area contributed by atoms with E-state index in [0.29, 0.717) is 24.7 Å². The summed E-state index contributed by atoms with van der Waals surface area (Å²) in [5, 5.41) is 6.03. The third-order valence-corrected chi connectivity index (χ3v) is 5.04. The second-order valence-corrected chi connectivity index (χ2v) is 7.13. The molecule has 0 N–H and O–H groups in total. The first-order valence-electron chi connectivity index (χ1n) is 7.86. The second-order valence-electron chi connectivity index (χ2n) is 6.18. The van der Waals surface area contributed by atoms with Crippen LogP contribution in [0.2, 0.25) is 0 Å². The molecule has 0 aliphatic carbocycles. The normalized spacial score (nSPS) is 17.7. The van der Waals surface area contributed by atoms with Crippen LogP contribution in [-0.4, -0.2) is 22.6 Å². The van der Waals surface area contributed by atoms with Crippen molar-refractivity contribution < 1.29 is 9.32 Å². The SMILES string of the molecule is Cc1cc(C)cc(N2C[C@H](c3nc(-c4cccs4)no3)CC2=O)c1. The largest absolute Gasteiger partial charge is 0.339 e. The molecule has 3 aromatic rings. The van der Waals surface area contributed by atoms with E-state index in [9.17, 15) is 4.79 Å². The molecule has 5 nitrogen and oxygen atoms in total. The average molecular weight is 339 g/mol. The van der Waals surface area contributed by atoms with Gasteiger partial charge in [0.2, 0.25) is 17.6 Å². The average Bonchev–Trinajstić information content (AvgIpc) is 3.26. The fraction of sp³-hybridized carbons (Fsp3) is 0.278. The van der Waals surface area contributed by atoms with Crippen molar-refractivity contribution in [2.45, 2.75) is 26.2 Å². The summed E-state index contributed by atoms with van der Waals surface area (Å²) in [5.41, 5.74) is 3.25. The number of thiophene rings is 1. The van der Waals surface area contributed by atoms with E-state index in [2.05, 4.69) is 16.2 Å². The van der Waals surface area contributed by atoms with Crippen LogP contribution in [0.3, 0.4) is 0 Å². The highest BCUT2D eigenvalue weighted by Gasteiger charge is 2.35. The molecule has 0 unspecified atom stereocenters. The van der Waals surface area contributed by atoms with Crippen molar-refractivity contribution in [3.63, 3.8) is 0 Å². The molecule has 0 radical (unpaired) electrons. The number of hydrogen-bond acceptors (Lipinski definition) is 5. The van der Waals surface area contributed by atoms with Gasteiger partial charge in [-0.05, 0) is 48.6 Å². The van der Waals surface area contributed by atoms with Crippen molar-refractivity contribution in [2.24, 2.45) is 0 Å². The molecular formula is C18H17N3O2S. The summed E-state index contributed by atoms with van der Waals surface area (Å²) >= 11 is 1.57. The van der Waals surface area contributed by atoms with Gasteiger partial charge in [-0.2, -0.15) is 4.98 Å². The lowest BCUT2D eigenvalue weighted by Gasteiger charge is -2.17. The lowest BCUT2D eigenvalue weighted by Crippen LogP contribution is -2.24. The van der Waals surface area contributed by atoms with Crippen LogP contribution < -0.4 is 4.90 Å². The Hall–Kier alpha value is -2.47. The van der Waals surface area contributed by atoms with Crippen LogP contribution in [-0.2, 0) is 4.79 Å². The van der Waals surface area contributed by atoms with Gasteiger partial charge in [0, 0.05) is 18.7 Å². The Labute approximate surface area is 143 Å². The smallest absolute Gasteiger partial charge is 0.232 e. The summed E-state index contributed by atoms with van der Waals surface area (Å²) in [6, 6.07) is 10.1. The maximum atomic E-state index is 12.5. The molecule has 122 valence electrons. The van der Waals surface area contributed by atoms with Crippen LogP contribution in [0.5, 0.6) is 0 Å². The van der Waals surface area contributed by atoms with E-state index in [0.717, 1.165) is 21.7 Å². The quantitative estimate of drug-likeness (QED) is 0.725. The molecule has 0 saturated carbocycles. The molecule has 1 saturated heterocycles. The number of anilines is 1. The van der Waals surface area contributed by atoms with Crippen LogP contribution in [0.4, 0.5) is 5.69 Å². The van der Waals surface area contributed by atoms with Crippen LogP contribution in [0.15, 0.2) is 40.2 Å². The monoisotopic (exact) mass is 339 g/mol. The van der Waals surface area contributed by atoms with E-state index >= 15 is 0 Å². The molecule has 4 rings (SSSR count). The van der Waals surface area contributed by atoms with E-state index in [4.69, 9.17) is 4.52 Å². The molecule has 6 heteroatoms. The lowest BCUT2D eigenvalue weighted by atomic mass is 10.1. The van der Waals surface area contributed by atoms with Gasteiger partial charge in [-0.3, -0.25) is 4.79 Å². The Morgan fingerprint density at radius 1 is 1.25 bits per heavy atom. The lowest BCUT2D eigenvalue weighted by molar-refractivity contribution is -0.117. The van der Waals surface area contributed by atoms with Gasteiger partial charge in [-0.25, -0.2) is 0 Å². The van der Waals surface area contributed by atoms with Crippen LogP contribution in [0.25, 0.3) is 10.7 Å². The first-order valence-corrected chi connectivity index (χ1v) is 8.74. The molecular weight excluding hydrogens is 322 g/mol. The van der Waals surface area contributed by atoms with Crippen molar-refractivity contribution in [1.29, 1.82) is 0 Å². The summed E-state index contributed by atoms with van der Waals surface area (Å²) < 4.78 is 5.42. The third-order valence-electron chi connectivity index (χ3n) is 4.18. The van der Waals surface area contributed by atoms with E-state index in [1.165, 1.54) is 0 Å². The van der Waals surface area contributed by atoms with Crippen molar-refractivity contribution in [1.82, 2.24) is 10.1 Å². The number of aryl methyl sites for hydroxylation is 2. The number of nitrogens with zero attached hydrogens (tertiary/aromatic N) is 3. The fourth-order valence-electron chi connectivity index (χ4n) is 3.14. The van der Waals surface area contributed by atoms with Crippen molar-refractivity contribution in [3.05, 3.63) is 52.7 Å². The summed E-state index contributed by atoms with van der Waals surface area (Å²) in [5.74, 6) is 1.18. The Morgan fingerprint density at radius 2 is 2.04 bits per heavy atom. The Morgan fingerprint density at radius 3 is 2.75 bits per heavy atom. The minimum atomic E-state index is -0.0560. The molecule has 3 heterocycles. The molecule has 24 heavy (non-hydrogen) atoms. The van der Waals surface area contributed by atoms with Gasteiger partial charge in [0.25, 0.3) is 0 Å². The third kappa shape index (κ3) is 2.73.